The second kappa shape index (κ2) is 5.58. The Morgan fingerprint density at radius 2 is 1.75 bits per heavy atom. The van der Waals surface area contributed by atoms with Crippen molar-refractivity contribution >= 4 is 5.78 Å². The van der Waals surface area contributed by atoms with E-state index in [4.69, 9.17) is 0 Å². The van der Waals surface area contributed by atoms with E-state index >= 15 is 0 Å². The molecule has 0 aromatic heterocycles. The van der Waals surface area contributed by atoms with Crippen LogP contribution in [-0.4, -0.2) is 5.78 Å². The average Bonchev–Trinajstić information content (AvgIpc) is 2.40. The van der Waals surface area contributed by atoms with Crippen LogP contribution in [0, 0.1) is 5.82 Å². The highest BCUT2D eigenvalue weighted by atomic mass is 19.1. The van der Waals surface area contributed by atoms with Gasteiger partial charge in [-0.05, 0) is 36.0 Å². The van der Waals surface area contributed by atoms with Gasteiger partial charge in [-0.15, -0.1) is 0 Å². The van der Waals surface area contributed by atoms with Gasteiger partial charge in [-0.2, -0.15) is 0 Å². The summed E-state index contributed by atoms with van der Waals surface area (Å²) >= 11 is 0. The molecule has 0 aliphatic heterocycles. The third-order valence-corrected chi connectivity index (χ3v) is 4.12. The number of benzene rings is 2. The number of hydrogen-bond acceptors (Lipinski definition) is 1. The Morgan fingerprint density at radius 1 is 1.05 bits per heavy atom. The molecular formula is C18H17FO. The minimum Gasteiger partial charge on any atom is -0.294 e. The monoisotopic (exact) mass is 268 g/mol. The third-order valence-electron chi connectivity index (χ3n) is 4.12. The Bertz CT molecular complexity index is 612. The molecule has 1 fully saturated rings. The maximum absolute atomic E-state index is 13.5. The summed E-state index contributed by atoms with van der Waals surface area (Å²) in [6.07, 6.45) is 3.93. The first kappa shape index (κ1) is 13.0. The van der Waals surface area contributed by atoms with Crippen LogP contribution in [0.5, 0.6) is 0 Å². The van der Waals surface area contributed by atoms with E-state index in [1.54, 1.807) is 18.2 Å². The van der Waals surface area contributed by atoms with Gasteiger partial charge in [0.25, 0.3) is 0 Å². The highest BCUT2D eigenvalue weighted by Crippen LogP contribution is 2.36. The molecule has 0 amide bonds. The normalized spacial score (nSPS) is 14.8. The Morgan fingerprint density at radius 3 is 2.35 bits per heavy atom. The zero-order valence-corrected chi connectivity index (χ0v) is 11.3. The van der Waals surface area contributed by atoms with E-state index in [1.807, 2.05) is 24.3 Å². The number of hydrogen-bond donors (Lipinski definition) is 0. The predicted octanol–water partition coefficient (Wildman–Crippen LogP) is 4.52. The van der Waals surface area contributed by atoms with Gasteiger partial charge in [0.2, 0.25) is 0 Å². The lowest BCUT2D eigenvalue weighted by molar-refractivity contribution is 0.0992. The van der Waals surface area contributed by atoms with Crippen LogP contribution < -0.4 is 0 Å². The summed E-state index contributed by atoms with van der Waals surface area (Å²) < 4.78 is 13.5. The second-order valence-electron chi connectivity index (χ2n) is 5.44. The van der Waals surface area contributed by atoms with Crippen LogP contribution >= 0.6 is 0 Å². The maximum atomic E-state index is 13.5. The molecule has 102 valence electrons. The van der Waals surface area contributed by atoms with Crippen molar-refractivity contribution in [2.24, 2.45) is 0 Å². The first-order valence-corrected chi connectivity index (χ1v) is 7.10. The van der Waals surface area contributed by atoms with Crippen LogP contribution in [0.25, 0.3) is 0 Å². The van der Waals surface area contributed by atoms with Crippen LogP contribution in [0.3, 0.4) is 0 Å². The van der Waals surface area contributed by atoms with Gasteiger partial charge in [-0.3, -0.25) is 4.79 Å². The lowest BCUT2D eigenvalue weighted by Crippen LogP contribution is -2.09. The van der Waals surface area contributed by atoms with Crippen LogP contribution in [0.4, 0.5) is 4.39 Å². The van der Waals surface area contributed by atoms with Gasteiger partial charge in [0.15, 0.2) is 5.78 Å². The Hall–Kier alpha value is -1.96. The largest absolute Gasteiger partial charge is 0.294 e. The van der Waals surface area contributed by atoms with E-state index < -0.39 is 0 Å². The van der Waals surface area contributed by atoms with Crippen LogP contribution in [-0.2, 0) is 6.42 Å². The number of rotatable bonds is 4. The number of Topliss-reactive ketones (excluding diaryl/α,β-unsaturated/α-hetero) is 1. The summed E-state index contributed by atoms with van der Waals surface area (Å²) in [4.78, 5) is 12.2. The fourth-order valence-electron chi connectivity index (χ4n) is 2.60. The molecule has 1 nitrogen and oxygen atoms in total. The van der Waals surface area contributed by atoms with Gasteiger partial charge in [0.1, 0.15) is 5.82 Å². The molecule has 3 rings (SSSR count). The minimum atomic E-state index is -0.313. The van der Waals surface area contributed by atoms with Crippen molar-refractivity contribution in [2.45, 2.75) is 31.6 Å². The van der Waals surface area contributed by atoms with Gasteiger partial charge in [-0.25, -0.2) is 4.39 Å². The maximum Gasteiger partial charge on any atom is 0.167 e. The van der Waals surface area contributed by atoms with Crippen molar-refractivity contribution in [1.82, 2.24) is 0 Å². The molecule has 1 aliphatic carbocycles. The zero-order chi connectivity index (χ0) is 13.9. The molecule has 2 aromatic rings. The Labute approximate surface area is 118 Å². The fraction of sp³-hybridized carbons (Fsp3) is 0.278. The molecule has 2 aromatic carbocycles. The molecule has 1 aliphatic rings. The molecule has 20 heavy (non-hydrogen) atoms. The van der Waals surface area contributed by atoms with Gasteiger partial charge in [0.05, 0.1) is 0 Å². The van der Waals surface area contributed by atoms with Crippen molar-refractivity contribution in [1.29, 1.82) is 0 Å². The Kier molecular flexibility index (Phi) is 3.64. The SMILES string of the molecule is O=C(Cc1ccccc1F)c1ccc(C2CCC2)cc1. The Balaban J connectivity index is 1.72. The third kappa shape index (κ3) is 2.64. The lowest BCUT2D eigenvalue weighted by atomic mass is 9.80. The highest BCUT2D eigenvalue weighted by Gasteiger charge is 2.19. The summed E-state index contributed by atoms with van der Waals surface area (Å²) in [5.74, 6) is 0.327. The van der Waals surface area contributed by atoms with Crippen LogP contribution in [0.2, 0.25) is 0 Å². The molecule has 0 spiro atoms. The fourth-order valence-corrected chi connectivity index (χ4v) is 2.60. The molecule has 0 heterocycles. The standard InChI is InChI=1S/C18H17FO/c19-17-7-2-1-4-16(17)12-18(20)15-10-8-14(9-11-15)13-5-3-6-13/h1-2,4,7-11,13H,3,5-6,12H2. The summed E-state index contributed by atoms with van der Waals surface area (Å²) in [5.41, 5.74) is 2.44. The predicted molar refractivity (Wildman–Crippen MR) is 77.5 cm³/mol. The van der Waals surface area contributed by atoms with Gasteiger partial charge in [0, 0.05) is 12.0 Å². The molecule has 0 unspecified atom stereocenters. The molecule has 2 heteroatoms. The van der Waals surface area contributed by atoms with Crippen molar-refractivity contribution < 1.29 is 9.18 Å². The minimum absolute atomic E-state index is 0.0322. The van der Waals surface area contributed by atoms with E-state index in [1.165, 1.54) is 30.9 Å². The van der Waals surface area contributed by atoms with E-state index in [-0.39, 0.29) is 18.0 Å². The number of ketones is 1. The highest BCUT2D eigenvalue weighted by molar-refractivity contribution is 5.97. The summed E-state index contributed by atoms with van der Waals surface area (Å²) in [7, 11) is 0. The smallest absolute Gasteiger partial charge is 0.167 e. The molecule has 1 saturated carbocycles. The van der Waals surface area contributed by atoms with Crippen molar-refractivity contribution in [3.05, 3.63) is 71.0 Å². The lowest BCUT2D eigenvalue weighted by Gasteiger charge is -2.25. The molecule has 0 saturated heterocycles. The van der Waals surface area contributed by atoms with Gasteiger partial charge < -0.3 is 0 Å². The summed E-state index contributed by atoms with van der Waals surface area (Å²) in [6, 6.07) is 14.3. The first-order chi connectivity index (χ1) is 9.74. The number of halogens is 1. The molecule has 0 bridgehead atoms. The van der Waals surface area contributed by atoms with Crippen molar-refractivity contribution in [3.8, 4) is 0 Å². The van der Waals surface area contributed by atoms with Gasteiger partial charge in [-0.1, -0.05) is 48.9 Å². The van der Waals surface area contributed by atoms with Gasteiger partial charge >= 0.3 is 0 Å². The topological polar surface area (TPSA) is 17.1 Å². The number of carbonyl (C=O) groups excluding carboxylic acids is 1. The molecule has 0 radical (unpaired) electrons. The summed E-state index contributed by atoms with van der Waals surface area (Å²) in [6.45, 7) is 0. The zero-order valence-electron chi connectivity index (χ0n) is 11.3. The van der Waals surface area contributed by atoms with E-state index in [9.17, 15) is 9.18 Å². The first-order valence-electron chi connectivity index (χ1n) is 7.10. The number of carbonyl (C=O) groups is 1. The van der Waals surface area contributed by atoms with E-state index in [2.05, 4.69) is 0 Å². The van der Waals surface area contributed by atoms with Crippen LogP contribution in [0.1, 0.15) is 46.7 Å². The van der Waals surface area contributed by atoms with Crippen LogP contribution in [0.15, 0.2) is 48.5 Å². The van der Waals surface area contributed by atoms with E-state index in [0.717, 1.165) is 0 Å². The van der Waals surface area contributed by atoms with Crippen molar-refractivity contribution in [3.63, 3.8) is 0 Å². The molecular weight excluding hydrogens is 251 g/mol. The van der Waals surface area contributed by atoms with Crippen molar-refractivity contribution in [2.75, 3.05) is 0 Å². The molecule has 0 atom stereocenters. The molecule has 0 N–H and O–H groups in total. The quantitative estimate of drug-likeness (QED) is 0.745. The summed E-state index contributed by atoms with van der Waals surface area (Å²) in [5, 5.41) is 0. The van der Waals surface area contributed by atoms with E-state index in [0.29, 0.717) is 17.0 Å². The second-order valence-corrected chi connectivity index (χ2v) is 5.44. The average molecular weight is 268 g/mol.